The minimum absolute atomic E-state index is 0.0249. The molecule has 150 valence electrons. The van der Waals surface area contributed by atoms with Crippen molar-refractivity contribution >= 4 is 23.4 Å². The SMILES string of the molecule is O=C1CCC(Nc2cccc(C(=O)N3CCN(CC4CNC4)CC3)c2)C(=O)N1. The summed E-state index contributed by atoms with van der Waals surface area (Å²) < 4.78 is 0. The minimum Gasteiger partial charge on any atom is -0.374 e. The Labute approximate surface area is 164 Å². The van der Waals surface area contributed by atoms with Crippen LogP contribution >= 0.6 is 0 Å². The number of rotatable bonds is 5. The standard InChI is InChI=1S/C20H27N5O3/c26-18-5-4-17(19(27)23-18)22-16-3-1-2-15(10-16)20(28)25-8-6-24(7-9-25)13-14-11-21-12-14/h1-3,10,14,17,21-22H,4-9,11-13H2,(H,23,26,27). The van der Waals surface area contributed by atoms with Gasteiger partial charge in [0.15, 0.2) is 0 Å². The Balaban J connectivity index is 1.33. The summed E-state index contributed by atoms with van der Waals surface area (Å²) in [5.41, 5.74) is 1.34. The van der Waals surface area contributed by atoms with Crippen LogP contribution in [0.3, 0.4) is 0 Å². The predicted octanol–water partition coefficient (Wildman–Crippen LogP) is -0.119. The lowest BCUT2D eigenvalue weighted by atomic mass is 10.0. The second-order valence-electron chi connectivity index (χ2n) is 7.85. The van der Waals surface area contributed by atoms with Gasteiger partial charge in [0.05, 0.1) is 0 Å². The summed E-state index contributed by atoms with van der Waals surface area (Å²) in [6.07, 6.45) is 0.782. The van der Waals surface area contributed by atoms with E-state index in [-0.39, 0.29) is 17.7 Å². The Hall–Kier alpha value is -2.45. The number of nitrogens with one attached hydrogen (secondary N) is 3. The predicted molar refractivity (Wildman–Crippen MR) is 105 cm³/mol. The van der Waals surface area contributed by atoms with Gasteiger partial charge >= 0.3 is 0 Å². The fourth-order valence-corrected chi connectivity index (χ4v) is 3.93. The molecule has 1 atom stereocenters. The van der Waals surface area contributed by atoms with Crippen LogP contribution in [0.15, 0.2) is 24.3 Å². The Morgan fingerprint density at radius 2 is 1.93 bits per heavy atom. The third-order valence-electron chi connectivity index (χ3n) is 5.73. The van der Waals surface area contributed by atoms with E-state index in [1.54, 1.807) is 6.07 Å². The van der Waals surface area contributed by atoms with Gasteiger partial charge in [0, 0.05) is 63.5 Å². The van der Waals surface area contributed by atoms with Gasteiger partial charge in [-0.05, 0) is 30.5 Å². The zero-order chi connectivity index (χ0) is 19.5. The summed E-state index contributed by atoms with van der Waals surface area (Å²) in [4.78, 5) is 40.4. The van der Waals surface area contributed by atoms with Crippen molar-refractivity contribution in [3.63, 3.8) is 0 Å². The molecule has 3 aliphatic rings. The molecular weight excluding hydrogens is 358 g/mol. The molecule has 3 fully saturated rings. The van der Waals surface area contributed by atoms with Gasteiger partial charge in [-0.25, -0.2) is 0 Å². The van der Waals surface area contributed by atoms with Crippen molar-refractivity contribution in [2.75, 3.05) is 51.1 Å². The van der Waals surface area contributed by atoms with Gasteiger partial charge in [-0.15, -0.1) is 0 Å². The van der Waals surface area contributed by atoms with Crippen molar-refractivity contribution < 1.29 is 14.4 Å². The van der Waals surface area contributed by atoms with Crippen molar-refractivity contribution in [2.24, 2.45) is 5.92 Å². The second kappa shape index (κ2) is 8.28. The Morgan fingerprint density at radius 3 is 2.61 bits per heavy atom. The Bertz CT molecular complexity index is 756. The maximum absolute atomic E-state index is 12.9. The molecule has 28 heavy (non-hydrogen) atoms. The van der Waals surface area contributed by atoms with Gasteiger partial charge < -0.3 is 15.5 Å². The van der Waals surface area contributed by atoms with Gasteiger partial charge in [0.1, 0.15) is 6.04 Å². The van der Waals surface area contributed by atoms with Gasteiger partial charge in [0.2, 0.25) is 11.8 Å². The van der Waals surface area contributed by atoms with Crippen molar-refractivity contribution in [2.45, 2.75) is 18.9 Å². The lowest BCUT2D eigenvalue weighted by Crippen LogP contribution is -2.54. The van der Waals surface area contributed by atoms with Crippen molar-refractivity contribution in [1.29, 1.82) is 0 Å². The normalized spacial score (nSPS) is 23.9. The van der Waals surface area contributed by atoms with Gasteiger partial charge in [-0.3, -0.25) is 24.6 Å². The molecule has 8 heteroatoms. The van der Waals surface area contributed by atoms with E-state index >= 15 is 0 Å². The fourth-order valence-electron chi connectivity index (χ4n) is 3.93. The molecule has 0 aromatic heterocycles. The van der Waals surface area contributed by atoms with E-state index in [2.05, 4.69) is 20.9 Å². The highest BCUT2D eigenvalue weighted by Gasteiger charge is 2.28. The zero-order valence-electron chi connectivity index (χ0n) is 15.9. The lowest BCUT2D eigenvalue weighted by Gasteiger charge is -2.38. The van der Waals surface area contributed by atoms with E-state index in [1.165, 1.54) is 0 Å². The average Bonchev–Trinajstić information content (AvgIpc) is 2.67. The number of carbonyl (C=O) groups excluding carboxylic acids is 3. The number of benzene rings is 1. The molecule has 0 spiro atoms. The van der Waals surface area contributed by atoms with Crippen LogP contribution in [0.2, 0.25) is 0 Å². The molecule has 0 bridgehead atoms. The highest BCUT2D eigenvalue weighted by molar-refractivity contribution is 6.01. The number of carbonyl (C=O) groups is 3. The molecule has 4 rings (SSSR count). The van der Waals surface area contributed by atoms with Crippen LogP contribution in [-0.2, 0) is 9.59 Å². The monoisotopic (exact) mass is 385 g/mol. The summed E-state index contributed by atoms with van der Waals surface area (Å²) >= 11 is 0. The number of nitrogens with zero attached hydrogens (tertiary/aromatic N) is 2. The van der Waals surface area contributed by atoms with Crippen LogP contribution in [-0.4, -0.2) is 79.4 Å². The van der Waals surface area contributed by atoms with Crippen LogP contribution < -0.4 is 16.0 Å². The van der Waals surface area contributed by atoms with E-state index in [4.69, 9.17) is 0 Å². The topological polar surface area (TPSA) is 93.8 Å². The molecule has 3 aliphatic heterocycles. The van der Waals surface area contributed by atoms with Crippen LogP contribution in [0.25, 0.3) is 0 Å². The molecule has 1 aromatic rings. The largest absolute Gasteiger partial charge is 0.374 e. The lowest BCUT2D eigenvalue weighted by molar-refractivity contribution is -0.133. The number of imide groups is 1. The summed E-state index contributed by atoms with van der Waals surface area (Å²) in [6.45, 7) is 6.62. The third kappa shape index (κ3) is 4.34. The smallest absolute Gasteiger partial charge is 0.254 e. The second-order valence-corrected chi connectivity index (χ2v) is 7.85. The highest BCUT2D eigenvalue weighted by atomic mass is 16.2. The summed E-state index contributed by atoms with van der Waals surface area (Å²) in [5, 5.41) is 8.78. The zero-order valence-corrected chi connectivity index (χ0v) is 15.9. The minimum atomic E-state index is -0.451. The number of piperazine rings is 1. The molecular formula is C20H27N5O3. The summed E-state index contributed by atoms with van der Waals surface area (Å²) in [5.74, 6) is 0.222. The quantitative estimate of drug-likeness (QED) is 0.612. The van der Waals surface area contributed by atoms with E-state index in [0.29, 0.717) is 18.4 Å². The van der Waals surface area contributed by atoms with E-state index < -0.39 is 6.04 Å². The first-order chi connectivity index (χ1) is 13.6. The summed E-state index contributed by atoms with van der Waals surface area (Å²) in [6, 6.07) is 6.81. The van der Waals surface area contributed by atoms with Crippen molar-refractivity contribution in [3.8, 4) is 0 Å². The maximum Gasteiger partial charge on any atom is 0.254 e. The Morgan fingerprint density at radius 1 is 1.14 bits per heavy atom. The number of hydrogen-bond acceptors (Lipinski definition) is 6. The first kappa shape index (κ1) is 18.9. The van der Waals surface area contributed by atoms with E-state index in [9.17, 15) is 14.4 Å². The van der Waals surface area contributed by atoms with Gasteiger partial charge in [-0.2, -0.15) is 0 Å². The first-order valence-corrected chi connectivity index (χ1v) is 10.0. The molecule has 8 nitrogen and oxygen atoms in total. The highest BCUT2D eigenvalue weighted by Crippen LogP contribution is 2.18. The number of piperidine rings is 1. The third-order valence-corrected chi connectivity index (χ3v) is 5.73. The molecule has 1 unspecified atom stereocenters. The number of anilines is 1. The van der Waals surface area contributed by atoms with Crippen LogP contribution in [0.4, 0.5) is 5.69 Å². The van der Waals surface area contributed by atoms with Crippen LogP contribution in [0, 0.1) is 5.92 Å². The van der Waals surface area contributed by atoms with E-state index in [1.807, 2.05) is 23.1 Å². The molecule has 0 radical (unpaired) electrons. The fraction of sp³-hybridized carbons (Fsp3) is 0.550. The van der Waals surface area contributed by atoms with Crippen molar-refractivity contribution in [3.05, 3.63) is 29.8 Å². The average molecular weight is 385 g/mol. The van der Waals surface area contributed by atoms with Crippen molar-refractivity contribution in [1.82, 2.24) is 20.4 Å². The molecule has 3 N–H and O–H groups in total. The molecule has 0 aliphatic carbocycles. The molecule has 3 heterocycles. The number of amides is 3. The van der Waals surface area contributed by atoms with Crippen LogP contribution in [0.5, 0.6) is 0 Å². The van der Waals surface area contributed by atoms with Gasteiger partial charge in [-0.1, -0.05) is 6.07 Å². The molecule has 3 amide bonds. The number of hydrogen-bond donors (Lipinski definition) is 3. The Kier molecular flexibility index (Phi) is 5.59. The molecule has 3 saturated heterocycles. The van der Waals surface area contributed by atoms with Crippen LogP contribution in [0.1, 0.15) is 23.2 Å². The van der Waals surface area contributed by atoms with E-state index in [0.717, 1.165) is 57.4 Å². The first-order valence-electron chi connectivity index (χ1n) is 10.0. The van der Waals surface area contributed by atoms with Gasteiger partial charge in [0.25, 0.3) is 5.91 Å². The molecule has 1 aromatic carbocycles. The molecule has 0 saturated carbocycles. The summed E-state index contributed by atoms with van der Waals surface area (Å²) in [7, 11) is 0. The maximum atomic E-state index is 12.9.